The summed E-state index contributed by atoms with van der Waals surface area (Å²) in [5.41, 5.74) is 0.0294. The van der Waals surface area contributed by atoms with E-state index in [1.807, 2.05) is 42.5 Å². The van der Waals surface area contributed by atoms with Crippen molar-refractivity contribution >= 4 is 11.9 Å². The van der Waals surface area contributed by atoms with Crippen LogP contribution in [0.5, 0.6) is 0 Å². The van der Waals surface area contributed by atoms with E-state index in [0.29, 0.717) is 6.54 Å². The van der Waals surface area contributed by atoms with Gasteiger partial charge in [0.1, 0.15) is 0 Å². The van der Waals surface area contributed by atoms with E-state index >= 15 is 0 Å². The van der Waals surface area contributed by atoms with Crippen molar-refractivity contribution in [1.29, 1.82) is 0 Å². The zero-order chi connectivity index (χ0) is 15.0. The molecule has 1 fully saturated rings. The molecule has 110 valence electrons. The SMILES string of the molecule is C[C@]1(C(=O)O)[C@H](C(=O)NCc2ccccc2)[C@@H]2C=C[C@H]1C2. The molecule has 2 bridgehead atoms. The maximum absolute atomic E-state index is 12.5. The van der Waals surface area contributed by atoms with Crippen LogP contribution in [0.3, 0.4) is 0 Å². The van der Waals surface area contributed by atoms with Crippen molar-refractivity contribution < 1.29 is 14.7 Å². The molecular formula is C17H19NO3. The lowest BCUT2D eigenvalue weighted by molar-refractivity contribution is -0.156. The van der Waals surface area contributed by atoms with E-state index in [1.165, 1.54) is 0 Å². The number of carboxylic acid groups (broad SMARTS) is 1. The Morgan fingerprint density at radius 2 is 2.00 bits per heavy atom. The van der Waals surface area contributed by atoms with Crippen molar-refractivity contribution in [2.45, 2.75) is 19.9 Å². The van der Waals surface area contributed by atoms with Gasteiger partial charge in [0.05, 0.1) is 11.3 Å². The molecule has 1 amide bonds. The fourth-order valence-corrected chi connectivity index (χ4v) is 3.75. The third kappa shape index (κ3) is 2.15. The van der Waals surface area contributed by atoms with Gasteiger partial charge in [0.2, 0.25) is 5.91 Å². The van der Waals surface area contributed by atoms with Crippen molar-refractivity contribution in [3.8, 4) is 0 Å². The van der Waals surface area contributed by atoms with Crippen LogP contribution in [-0.2, 0) is 16.1 Å². The second kappa shape index (κ2) is 5.02. The van der Waals surface area contributed by atoms with Crippen LogP contribution >= 0.6 is 0 Å². The lowest BCUT2D eigenvalue weighted by Gasteiger charge is -2.33. The maximum atomic E-state index is 12.5. The number of carbonyl (C=O) groups excluding carboxylic acids is 1. The van der Waals surface area contributed by atoms with Gasteiger partial charge in [-0.25, -0.2) is 0 Å². The van der Waals surface area contributed by atoms with E-state index in [9.17, 15) is 14.7 Å². The van der Waals surface area contributed by atoms with Crippen LogP contribution in [-0.4, -0.2) is 17.0 Å². The third-order valence-electron chi connectivity index (χ3n) is 5.01. The minimum Gasteiger partial charge on any atom is -0.481 e. The summed E-state index contributed by atoms with van der Waals surface area (Å²) >= 11 is 0. The second-order valence-electron chi connectivity index (χ2n) is 6.16. The van der Waals surface area contributed by atoms with Gasteiger partial charge in [-0.3, -0.25) is 9.59 Å². The number of carbonyl (C=O) groups is 2. The monoisotopic (exact) mass is 285 g/mol. The molecule has 1 aromatic carbocycles. The van der Waals surface area contributed by atoms with Gasteiger partial charge in [0.15, 0.2) is 0 Å². The van der Waals surface area contributed by atoms with Crippen molar-refractivity contribution in [1.82, 2.24) is 5.32 Å². The summed E-state index contributed by atoms with van der Waals surface area (Å²) in [5.74, 6) is -1.49. The summed E-state index contributed by atoms with van der Waals surface area (Å²) in [5, 5.41) is 12.5. The highest BCUT2D eigenvalue weighted by molar-refractivity contribution is 5.89. The van der Waals surface area contributed by atoms with Crippen LogP contribution in [0, 0.1) is 23.2 Å². The molecule has 0 heterocycles. The molecule has 3 rings (SSSR count). The van der Waals surface area contributed by atoms with Gasteiger partial charge in [-0.05, 0) is 30.7 Å². The maximum Gasteiger partial charge on any atom is 0.310 e. The number of amides is 1. The Kier molecular flexibility index (Phi) is 3.32. The van der Waals surface area contributed by atoms with Crippen LogP contribution < -0.4 is 5.32 Å². The van der Waals surface area contributed by atoms with Gasteiger partial charge in [0.25, 0.3) is 0 Å². The van der Waals surface area contributed by atoms with E-state index in [-0.39, 0.29) is 17.7 Å². The van der Waals surface area contributed by atoms with Crippen molar-refractivity contribution in [3.63, 3.8) is 0 Å². The zero-order valence-electron chi connectivity index (χ0n) is 12.0. The Hall–Kier alpha value is -2.10. The number of benzene rings is 1. The van der Waals surface area contributed by atoms with Gasteiger partial charge in [-0.2, -0.15) is 0 Å². The Labute approximate surface area is 123 Å². The van der Waals surface area contributed by atoms with Crippen LogP contribution in [0.4, 0.5) is 0 Å². The fraction of sp³-hybridized carbons (Fsp3) is 0.412. The molecule has 0 aliphatic heterocycles. The zero-order valence-corrected chi connectivity index (χ0v) is 12.0. The van der Waals surface area contributed by atoms with Crippen LogP contribution in [0.15, 0.2) is 42.5 Å². The number of allylic oxidation sites excluding steroid dienone is 2. The number of aliphatic carboxylic acids is 1. The standard InChI is InChI=1S/C17H19NO3/c1-17(16(20)21)13-8-7-12(9-13)14(17)15(19)18-10-11-5-3-2-4-6-11/h2-8,12-14H,9-10H2,1H3,(H,18,19)(H,20,21)/t12-,13+,14+,17-/m1/s1. The summed E-state index contributed by atoms with van der Waals surface area (Å²) in [6.45, 7) is 2.14. The lowest BCUT2D eigenvalue weighted by atomic mass is 9.69. The Balaban J connectivity index is 1.75. The van der Waals surface area contributed by atoms with E-state index in [0.717, 1.165) is 12.0 Å². The summed E-state index contributed by atoms with van der Waals surface area (Å²) < 4.78 is 0. The first-order valence-corrected chi connectivity index (χ1v) is 7.27. The second-order valence-corrected chi connectivity index (χ2v) is 6.16. The minimum absolute atomic E-state index is 0.0347. The smallest absolute Gasteiger partial charge is 0.310 e. The first kappa shape index (κ1) is 13.9. The van der Waals surface area contributed by atoms with Gasteiger partial charge < -0.3 is 10.4 Å². The van der Waals surface area contributed by atoms with E-state index in [1.54, 1.807) is 6.92 Å². The summed E-state index contributed by atoms with van der Waals surface area (Å²) in [6.07, 6.45) is 4.73. The van der Waals surface area contributed by atoms with Crippen LogP contribution in [0.2, 0.25) is 0 Å². The quantitative estimate of drug-likeness (QED) is 0.834. The van der Waals surface area contributed by atoms with E-state index in [2.05, 4.69) is 5.32 Å². The van der Waals surface area contributed by atoms with Crippen LogP contribution in [0.25, 0.3) is 0 Å². The molecule has 0 unspecified atom stereocenters. The highest BCUT2D eigenvalue weighted by Crippen LogP contribution is 2.56. The first-order valence-electron chi connectivity index (χ1n) is 7.27. The number of hydrogen-bond donors (Lipinski definition) is 2. The van der Waals surface area contributed by atoms with Gasteiger partial charge in [0, 0.05) is 6.54 Å². The minimum atomic E-state index is -0.986. The molecular weight excluding hydrogens is 266 g/mol. The molecule has 0 saturated heterocycles. The molecule has 4 atom stereocenters. The largest absolute Gasteiger partial charge is 0.481 e. The van der Waals surface area contributed by atoms with Crippen molar-refractivity contribution in [3.05, 3.63) is 48.0 Å². The molecule has 0 spiro atoms. The molecule has 2 aliphatic rings. The molecule has 4 nitrogen and oxygen atoms in total. The molecule has 0 aromatic heterocycles. The van der Waals surface area contributed by atoms with Gasteiger partial charge >= 0.3 is 5.97 Å². The average Bonchev–Trinajstić information content (AvgIpc) is 3.05. The van der Waals surface area contributed by atoms with Crippen molar-refractivity contribution in [2.24, 2.45) is 23.2 Å². The number of nitrogens with one attached hydrogen (secondary N) is 1. The Morgan fingerprint density at radius 1 is 1.29 bits per heavy atom. The van der Waals surface area contributed by atoms with Crippen LogP contribution in [0.1, 0.15) is 18.9 Å². The molecule has 2 N–H and O–H groups in total. The molecule has 0 radical (unpaired) electrons. The Morgan fingerprint density at radius 3 is 2.67 bits per heavy atom. The predicted molar refractivity (Wildman–Crippen MR) is 78.3 cm³/mol. The number of rotatable bonds is 4. The van der Waals surface area contributed by atoms with E-state index < -0.39 is 17.3 Å². The summed E-state index contributed by atoms with van der Waals surface area (Å²) in [7, 11) is 0. The third-order valence-corrected chi connectivity index (χ3v) is 5.01. The average molecular weight is 285 g/mol. The lowest BCUT2D eigenvalue weighted by Crippen LogP contribution is -2.47. The highest BCUT2D eigenvalue weighted by atomic mass is 16.4. The van der Waals surface area contributed by atoms with Gasteiger partial charge in [-0.1, -0.05) is 42.5 Å². The molecule has 1 aromatic rings. The molecule has 1 saturated carbocycles. The summed E-state index contributed by atoms with van der Waals surface area (Å²) in [4.78, 5) is 24.2. The Bertz CT molecular complexity index is 595. The number of fused-ring (bicyclic) bond motifs is 2. The van der Waals surface area contributed by atoms with Crippen molar-refractivity contribution in [2.75, 3.05) is 0 Å². The van der Waals surface area contributed by atoms with Gasteiger partial charge in [-0.15, -0.1) is 0 Å². The normalized spacial score (nSPS) is 33.1. The predicted octanol–water partition coefficient (Wildman–Crippen LogP) is 2.22. The summed E-state index contributed by atoms with van der Waals surface area (Å²) in [6, 6.07) is 9.65. The first-order chi connectivity index (χ1) is 10.0. The highest BCUT2D eigenvalue weighted by Gasteiger charge is 2.60. The molecule has 2 aliphatic carbocycles. The molecule has 4 heteroatoms. The topological polar surface area (TPSA) is 66.4 Å². The molecule has 21 heavy (non-hydrogen) atoms. The fourth-order valence-electron chi connectivity index (χ4n) is 3.75. The number of carboxylic acids is 1. The number of hydrogen-bond acceptors (Lipinski definition) is 2. The van der Waals surface area contributed by atoms with E-state index in [4.69, 9.17) is 0 Å².